The molecule has 2 aliphatic rings. The first-order valence-corrected chi connectivity index (χ1v) is 14.5. The summed E-state index contributed by atoms with van der Waals surface area (Å²) >= 11 is 1.58. The van der Waals surface area contributed by atoms with E-state index in [2.05, 4.69) is 14.9 Å². The summed E-state index contributed by atoms with van der Waals surface area (Å²) in [6, 6.07) is 7.69. The molecule has 0 aromatic heterocycles. The van der Waals surface area contributed by atoms with Crippen molar-refractivity contribution >= 4 is 39.9 Å². The Morgan fingerprint density at radius 1 is 1.33 bits per heavy atom. The van der Waals surface area contributed by atoms with Crippen LogP contribution in [0.3, 0.4) is 0 Å². The first-order chi connectivity index (χ1) is 16.9. The van der Waals surface area contributed by atoms with Gasteiger partial charge in [-0.3, -0.25) is 14.5 Å². The Balaban J connectivity index is 1.81. The van der Waals surface area contributed by atoms with Gasteiger partial charge < -0.3 is 15.3 Å². The maximum atomic E-state index is 12.4. The van der Waals surface area contributed by atoms with Gasteiger partial charge in [-0.25, -0.2) is 9.86 Å². The molecule has 1 fully saturated rings. The van der Waals surface area contributed by atoms with Crippen molar-refractivity contribution in [2.75, 3.05) is 25.5 Å². The van der Waals surface area contributed by atoms with E-state index >= 15 is 0 Å². The van der Waals surface area contributed by atoms with Gasteiger partial charge in [0.05, 0.1) is 11.8 Å². The third-order valence-electron chi connectivity index (χ3n) is 6.80. The number of rotatable bonds is 11. The van der Waals surface area contributed by atoms with E-state index < -0.39 is 16.3 Å². The lowest BCUT2D eigenvalue weighted by atomic mass is 9.98. The number of allylic oxidation sites excluding steroid dienone is 1. The molecule has 36 heavy (non-hydrogen) atoms. The molecule has 0 aliphatic carbocycles. The lowest BCUT2D eigenvalue weighted by Gasteiger charge is -2.28. The summed E-state index contributed by atoms with van der Waals surface area (Å²) < 4.78 is 25.6. The highest BCUT2D eigenvalue weighted by molar-refractivity contribution is 8.03. The monoisotopic (exact) mass is 539 g/mol. The van der Waals surface area contributed by atoms with Gasteiger partial charge in [0.15, 0.2) is 6.29 Å². The van der Waals surface area contributed by atoms with Crippen LogP contribution in [0.2, 0.25) is 0 Å². The molecule has 200 valence electrons. The Hall–Kier alpha value is -1.96. The van der Waals surface area contributed by atoms with Gasteiger partial charge in [0, 0.05) is 67.4 Å². The molecule has 5 atom stereocenters. The normalized spacial score (nSPS) is 25.9. The summed E-state index contributed by atoms with van der Waals surface area (Å²) in [7, 11) is -1.97. The maximum absolute atomic E-state index is 12.4. The quantitative estimate of drug-likeness (QED) is 0.308. The van der Waals surface area contributed by atoms with Crippen LogP contribution in [0.1, 0.15) is 39.2 Å². The van der Waals surface area contributed by atoms with Crippen LogP contribution in [-0.2, 0) is 26.3 Å². The number of benzene rings is 1. The number of aliphatic hydroxyl groups is 1. The summed E-state index contributed by atoms with van der Waals surface area (Å²) in [5.41, 5.74) is 2.47. The number of amides is 1. The number of nitrogens with two attached hydrogens (primary N) is 1. The van der Waals surface area contributed by atoms with Gasteiger partial charge in [0.2, 0.25) is 5.91 Å². The summed E-state index contributed by atoms with van der Waals surface area (Å²) in [5.74, 6) is -0.323. The van der Waals surface area contributed by atoms with Crippen molar-refractivity contribution < 1.29 is 23.1 Å². The van der Waals surface area contributed by atoms with E-state index in [0.717, 1.165) is 22.4 Å². The summed E-state index contributed by atoms with van der Waals surface area (Å²) in [4.78, 5) is 29.1. The number of thioether (sulfide) groups is 1. The fraction of sp³-hybridized carbons (Fsp3) is 0.583. The van der Waals surface area contributed by atoms with Crippen molar-refractivity contribution in [1.29, 1.82) is 0 Å². The lowest BCUT2D eigenvalue weighted by molar-refractivity contribution is -0.130. The first-order valence-electron chi connectivity index (χ1n) is 12.1. The second kappa shape index (κ2) is 12.1. The van der Waals surface area contributed by atoms with E-state index in [0.29, 0.717) is 31.6 Å². The molecule has 0 unspecified atom stereocenters. The van der Waals surface area contributed by atoms with Crippen LogP contribution in [0.4, 0.5) is 5.69 Å². The number of aliphatic hydroxyl groups excluding tert-OH is 1. The Morgan fingerprint density at radius 3 is 2.53 bits per heavy atom. The molecule has 1 aromatic carbocycles. The second-order valence-corrected chi connectivity index (χ2v) is 12.3. The SMILES string of the molecule is CNc1ccc(CN2C[C@@H](SC3=C(C=O)N(C(C)=O)[C@@H](C[C@@H](C)O)[C@H]3C)C[C@H]2CNS(N)(=O)=O)cc1. The minimum Gasteiger partial charge on any atom is -0.393 e. The van der Waals surface area contributed by atoms with Crippen LogP contribution < -0.4 is 15.2 Å². The molecular formula is C24H37N5O5S2. The van der Waals surface area contributed by atoms with Gasteiger partial charge in [-0.1, -0.05) is 19.1 Å². The van der Waals surface area contributed by atoms with Crippen LogP contribution in [0, 0.1) is 5.92 Å². The average molecular weight is 540 g/mol. The molecule has 1 saturated heterocycles. The number of carbonyl (C=O) groups is 2. The number of carbonyl (C=O) groups excluding carboxylic acids is 2. The van der Waals surface area contributed by atoms with Gasteiger partial charge in [-0.15, -0.1) is 11.8 Å². The molecule has 1 aromatic rings. The zero-order chi connectivity index (χ0) is 26.6. The molecule has 12 heteroatoms. The summed E-state index contributed by atoms with van der Waals surface area (Å²) in [6.45, 7) is 6.60. The van der Waals surface area contributed by atoms with Crippen molar-refractivity contribution in [1.82, 2.24) is 14.5 Å². The van der Waals surface area contributed by atoms with Gasteiger partial charge in [-0.2, -0.15) is 8.42 Å². The number of anilines is 1. The molecule has 0 spiro atoms. The molecule has 3 rings (SSSR count). The molecule has 0 radical (unpaired) electrons. The van der Waals surface area contributed by atoms with E-state index in [9.17, 15) is 23.1 Å². The van der Waals surface area contributed by atoms with E-state index in [1.54, 1.807) is 18.7 Å². The standard InChI is InChI=1S/C24H37N5O5S2/c1-15(31)9-22-16(2)24(23(14-30)29(22)17(3)32)35-21-10-20(11-27-36(25,33)34)28(13-21)12-18-5-7-19(26-4)8-6-18/h5-8,14-16,20-22,26-27,31H,9-13H2,1-4H3,(H2,25,33,34)/t15-,16-,20+,21+,22+/m1/s1. The second-order valence-electron chi connectivity index (χ2n) is 9.60. The van der Waals surface area contributed by atoms with Crippen LogP contribution in [-0.4, -0.2) is 79.1 Å². The topological polar surface area (TPSA) is 145 Å². The first kappa shape index (κ1) is 28.6. The summed E-state index contributed by atoms with van der Waals surface area (Å²) in [5, 5.41) is 18.4. The molecule has 0 bridgehead atoms. The maximum Gasteiger partial charge on any atom is 0.274 e. The third kappa shape index (κ3) is 7.08. The van der Waals surface area contributed by atoms with Crippen molar-refractivity contribution in [3.05, 3.63) is 40.4 Å². The molecule has 10 nitrogen and oxygen atoms in total. The number of nitrogens with one attached hydrogen (secondary N) is 2. The molecule has 5 N–H and O–H groups in total. The minimum absolute atomic E-state index is 0.0837. The van der Waals surface area contributed by atoms with Crippen molar-refractivity contribution in [3.8, 4) is 0 Å². The van der Waals surface area contributed by atoms with Gasteiger partial charge in [0.25, 0.3) is 10.2 Å². The molecule has 1 amide bonds. The lowest BCUT2D eigenvalue weighted by Crippen LogP contribution is -2.42. The summed E-state index contributed by atoms with van der Waals surface area (Å²) in [6.07, 6.45) is 1.19. The fourth-order valence-electron chi connectivity index (χ4n) is 5.11. The van der Waals surface area contributed by atoms with Crippen molar-refractivity contribution in [2.45, 2.75) is 63.6 Å². The average Bonchev–Trinajstić information content (AvgIpc) is 3.30. The predicted octanol–water partition coefficient (Wildman–Crippen LogP) is 1.25. The van der Waals surface area contributed by atoms with E-state index in [4.69, 9.17) is 5.14 Å². The zero-order valence-electron chi connectivity index (χ0n) is 21.2. The van der Waals surface area contributed by atoms with Gasteiger partial charge >= 0.3 is 0 Å². The molecule has 0 saturated carbocycles. The highest BCUT2D eigenvalue weighted by Gasteiger charge is 2.43. The predicted molar refractivity (Wildman–Crippen MR) is 142 cm³/mol. The Kier molecular flexibility index (Phi) is 9.58. The number of aldehydes is 1. The Labute approximate surface area is 217 Å². The van der Waals surface area contributed by atoms with Crippen LogP contribution in [0.5, 0.6) is 0 Å². The highest BCUT2D eigenvalue weighted by atomic mass is 32.2. The third-order valence-corrected chi connectivity index (χ3v) is 8.88. The van der Waals surface area contributed by atoms with E-state index in [-0.39, 0.29) is 35.7 Å². The largest absolute Gasteiger partial charge is 0.393 e. The molecule has 2 heterocycles. The van der Waals surface area contributed by atoms with E-state index in [1.807, 2.05) is 38.2 Å². The number of nitrogens with zero attached hydrogens (tertiary/aromatic N) is 2. The number of hydrogen-bond donors (Lipinski definition) is 4. The van der Waals surface area contributed by atoms with Crippen LogP contribution in [0.15, 0.2) is 34.9 Å². The zero-order valence-corrected chi connectivity index (χ0v) is 22.8. The highest BCUT2D eigenvalue weighted by Crippen LogP contribution is 2.45. The smallest absolute Gasteiger partial charge is 0.274 e. The van der Waals surface area contributed by atoms with Crippen molar-refractivity contribution in [3.63, 3.8) is 0 Å². The molecule has 2 aliphatic heterocycles. The molecular weight excluding hydrogens is 502 g/mol. The van der Waals surface area contributed by atoms with Gasteiger partial charge in [-0.05, 0) is 37.5 Å². The van der Waals surface area contributed by atoms with E-state index in [1.165, 1.54) is 11.8 Å². The minimum atomic E-state index is -3.83. The Bertz CT molecular complexity index is 1080. The van der Waals surface area contributed by atoms with Gasteiger partial charge in [0.1, 0.15) is 0 Å². The van der Waals surface area contributed by atoms with Crippen LogP contribution >= 0.6 is 11.8 Å². The number of likely N-dealkylation sites (tertiary alicyclic amines) is 1. The number of hydrogen-bond acceptors (Lipinski definition) is 8. The van der Waals surface area contributed by atoms with Crippen molar-refractivity contribution in [2.24, 2.45) is 11.1 Å². The van der Waals surface area contributed by atoms with Crippen LogP contribution in [0.25, 0.3) is 0 Å². The fourth-order valence-corrected chi connectivity index (χ4v) is 7.11. The Morgan fingerprint density at radius 2 is 2.00 bits per heavy atom.